The van der Waals surface area contributed by atoms with Gasteiger partial charge in [0.15, 0.2) is 5.82 Å². The highest BCUT2D eigenvalue weighted by Gasteiger charge is 2.19. The summed E-state index contributed by atoms with van der Waals surface area (Å²) < 4.78 is 15.0. The molecule has 1 aliphatic heterocycles. The third-order valence-corrected chi connectivity index (χ3v) is 4.54. The standard InChI is InChI=1S/C17H16ClFN6/c18-14-10-13(2-3-15(14)19)23-6-8-24(9-7-23)16-11-17(21-12-20-16)25-5-1-4-22-25/h1-5,10-12H,6-9H2. The first kappa shape index (κ1) is 15.8. The zero-order valence-electron chi connectivity index (χ0n) is 13.4. The molecule has 3 heterocycles. The zero-order chi connectivity index (χ0) is 17.2. The van der Waals surface area contributed by atoms with Gasteiger partial charge in [0, 0.05) is 50.3 Å². The average molecular weight is 359 g/mol. The molecule has 3 aromatic rings. The van der Waals surface area contributed by atoms with Gasteiger partial charge in [-0.15, -0.1) is 0 Å². The summed E-state index contributed by atoms with van der Waals surface area (Å²) >= 11 is 5.89. The summed E-state index contributed by atoms with van der Waals surface area (Å²) in [6, 6.07) is 8.63. The van der Waals surface area contributed by atoms with Crippen molar-refractivity contribution < 1.29 is 4.39 Å². The van der Waals surface area contributed by atoms with Crippen LogP contribution < -0.4 is 9.80 Å². The summed E-state index contributed by atoms with van der Waals surface area (Å²) in [5, 5.41) is 4.35. The number of hydrogen-bond donors (Lipinski definition) is 0. The third-order valence-electron chi connectivity index (χ3n) is 4.25. The van der Waals surface area contributed by atoms with E-state index in [0.717, 1.165) is 43.5 Å². The molecule has 0 atom stereocenters. The van der Waals surface area contributed by atoms with Crippen molar-refractivity contribution in [3.63, 3.8) is 0 Å². The predicted molar refractivity (Wildman–Crippen MR) is 95.0 cm³/mol. The first-order valence-corrected chi connectivity index (χ1v) is 8.35. The number of aromatic nitrogens is 4. The molecule has 0 unspecified atom stereocenters. The second-order valence-corrected chi connectivity index (χ2v) is 6.16. The van der Waals surface area contributed by atoms with Crippen LogP contribution in [0.3, 0.4) is 0 Å². The molecule has 0 radical (unpaired) electrons. The maximum Gasteiger partial charge on any atom is 0.158 e. The molecular formula is C17H16ClFN6. The van der Waals surface area contributed by atoms with Crippen LogP contribution >= 0.6 is 11.6 Å². The Hall–Kier alpha value is -2.67. The van der Waals surface area contributed by atoms with E-state index >= 15 is 0 Å². The molecule has 8 heteroatoms. The van der Waals surface area contributed by atoms with Gasteiger partial charge in [-0.3, -0.25) is 0 Å². The Labute approximate surface area is 149 Å². The Morgan fingerprint density at radius 2 is 1.72 bits per heavy atom. The highest BCUT2D eigenvalue weighted by molar-refractivity contribution is 6.31. The topological polar surface area (TPSA) is 50.1 Å². The predicted octanol–water partition coefficient (Wildman–Crippen LogP) is 2.78. The molecular weight excluding hydrogens is 343 g/mol. The third kappa shape index (κ3) is 3.28. The van der Waals surface area contributed by atoms with Crippen LogP contribution in [0, 0.1) is 5.82 Å². The number of hydrogen-bond acceptors (Lipinski definition) is 5. The average Bonchev–Trinajstić information content (AvgIpc) is 3.19. The van der Waals surface area contributed by atoms with Crippen molar-refractivity contribution >= 4 is 23.1 Å². The first-order chi connectivity index (χ1) is 12.2. The molecule has 0 bridgehead atoms. The molecule has 4 rings (SSSR count). The molecule has 0 saturated carbocycles. The van der Waals surface area contributed by atoms with E-state index in [9.17, 15) is 4.39 Å². The van der Waals surface area contributed by atoms with E-state index < -0.39 is 5.82 Å². The summed E-state index contributed by atoms with van der Waals surface area (Å²) in [5.74, 6) is 1.22. The highest BCUT2D eigenvalue weighted by Crippen LogP contribution is 2.24. The number of piperazine rings is 1. The fourth-order valence-corrected chi connectivity index (χ4v) is 3.09. The molecule has 128 valence electrons. The van der Waals surface area contributed by atoms with E-state index in [1.807, 2.05) is 18.3 Å². The molecule has 1 aromatic carbocycles. The fraction of sp³-hybridized carbons (Fsp3) is 0.235. The van der Waals surface area contributed by atoms with Gasteiger partial charge in [-0.2, -0.15) is 5.10 Å². The van der Waals surface area contributed by atoms with Gasteiger partial charge in [-0.05, 0) is 24.3 Å². The lowest BCUT2D eigenvalue weighted by molar-refractivity contribution is 0.624. The van der Waals surface area contributed by atoms with Crippen molar-refractivity contribution in [1.29, 1.82) is 0 Å². The van der Waals surface area contributed by atoms with Crippen LogP contribution in [0.4, 0.5) is 15.9 Å². The number of rotatable bonds is 3. The first-order valence-electron chi connectivity index (χ1n) is 7.98. The van der Waals surface area contributed by atoms with Gasteiger partial charge < -0.3 is 9.80 Å². The molecule has 2 aromatic heterocycles. The minimum atomic E-state index is -0.392. The summed E-state index contributed by atoms with van der Waals surface area (Å²) in [4.78, 5) is 13.0. The Morgan fingerprint density at radius 1 is 0.960 bits per heavy atom. The largest absolute Gasteiger partial charge is 0.368 e. The Bertz CT molecular complexity index is 861. The zero-order valence-corrected chi connectivity index (χ0v) is 14.1. The maximum absolute atomic E-state index is 13.3. The van der Waals surface area contributed by atoms with Crippen LogP contribution in [0.5, 0.6) is 0 Å². The summed E-state index contributed by atoms with van der Waals surface area (Å²) in [6.45, 7) is 3.24. The summed E-state index contributed by atoms with van der Waals surface area (Å²) in [7, 11) is 0. The SMILES string of the molecule is Fc1ccc(N2CCN(c3cc(-n4cccn4)ncn3)CC2)cc1Cl. The van der Waals surface area contributed by atoms with E-state index in [4.69, 9.17) is 11.6 Å². The van der Waals surface area contributed by atoms with E-state index in [1.165, 1.54) is 6.07 Å². The highest BCUT2D eigenvalue weighted by atomic mass is 35.5. The van der Waals surface area contributed by atoms with Gasteiger partial charge in [-0.25, -0.2) is 19.0 Å². The molecule has 1 saturated heterocycles. The maximum atomic E-state index is 13.3. The molecule has 0 N–H and O–H groups in total. The van der Waals surface area contributed by atoms with Crippen molar-refractivity contribution in [1.82, 2.24) is 19.7 Å². The van der Waals surface area contributed by atoms with Crippen LogP contribution in [-0.2, 0) is 0 Å². The Kier molecular flexibility index (Phi) is 4.23. The van der Waals surface area contributed by atoms with Crippen LogP contribution in [-0.4, -0.2) is 45.9 Å². The fourth-order valence-electron chi connectivity index (χ4n) is 2.92. The van der Waals surface area contributed by atoms with Crippen molar-refractivity contribution in [2.75, 3.05) is 36.0 Å². The quantitative estimate of drug-likeness (QED) is 0.720. The molecule has 6 nitrogen and oxygen atoms in total. The Morgan fingerprint density at radius 3 is 2.44 bits per heavy atom. The number of benzene rings is 1. The van der Waals surface area contributed by atoms with Crippen molar-refractivity contribution in [2.45, 2.75) is 0 Å². The smallest absolute Gasteiger partial charge is 0.158 e. The molecule has 25 heavy (non-hydrogen) atoms. The van der Waals surface area contributed by atoms with E-state index in [1.54, 1.807) is 29.3 Å². The lowest BCUT2D eigenvalue weighted by Crippen LogP contribution is -2.46. The van der Waals surface area contributed by atoms with Crippen molar-refractivity contribution in [3.8, 4) is 5.82 Å². The minimum absolute atomic E-state index is 0.152. The Balaban J connectivity index is 1.47. The van der Waals surface area contributed by atoms with Crippen LogP contribution in [0.15, 0.2) is 49.1 Å². The van der Waals surface area contributed by atoms with E-state index in [-0.39, 0.29) is 5.02 Å². The van der Waals surface area contributed by atoms with Gasteiger partial charge >= 0.3 is 0 Å². The van der Waals surface area contributed by atoms with Crippen molar-refractivity contribution in [3.05, 3.63) is 59.9 Å². The monoisotopic (exact) mass is 358 g/mol. The lowest BCUT2D eigenvalue weighted by Gasteiger charge is -2.36. The van der Waals surface area contributed by atoms with Crippen LogP contribution in [0.2, 0.25) is 5.02 Å². The number of halogens is 2. The van der Waals surface area contributed by atoms with E-state index in [0.29, 0.717) is 0 Å². The molecule has 0 aliphatic carbocycles. The van der Waals surface area contributed by atoms with Crippen molar-refractivity contribution in [2.24, 2.45) is 0 Å². The van der Waals surface area contributed by atoms with Gasteiger partial charge in [0.05, 0.1) is 5.02 Å². The van der Waals surface area contributed by atoms with Crippen LogP contribution in [0.1, 0.15) is 0 Å². The van der Waals surface area contributed by atoms with Gasteiger partial charge in [0.1, 0.15) is 18.0 Å². The molecule has 1 fully saturated rings. The van der Waals surface area contributed by atoms with Gasteiger partial charge in [-0.1, -0.05) is 11.6 Å². The molecule has 1 aliphatic rings. The van der Waals surface area contributed by atoms with Gasteiger partial charge in [0.2, 0.25) is 0 Å². The summed E-state index contributed by atoms with van der Waals surface area (Å²) in [5.41, 5.74) is 0.936. The summed E-state index contributed by atoms with van der Waals surface area (Å²) in [6.07, 6.45) is 5.12. The second kappa shape index (κ2) is 6.68. The molecule has 0 amide bonds. The number of anilines is 2. The molecule has 0 spiro atoms. The normalized spacial score (nSPS) is 14.8. The van der Waals surface area contributed by atoms with Gasteiger partial charge in [0.25, 0.3) is 0 Å². The minimum Gasteiger partial charge on any atom is -0.368 e. The number of nitrogens with zero attached hydrogens (tertiary/aromatic N) is 6. The van der Waals surface area contributed by atoms with Crippen LogP contribution in [0.25, 0.3) is 5.82 Å². The second-order valence-electron chi connectivity index (χ2n) is 5.76. The van der Waals surface area contributed by atoms with E-state index in [2.05, 4.69) is 24.9 Å². The lowest BCUT2D eigenvalue weighted by atomic mass is 10.2.